The van der Waals surface area contributed by atoms with Crippen LogP contribution < -0.4 is 10.6 Å². The molecule has 0 radical (unpaired) electrons. The van der Waals surface area contributed by atoms with Crippen molar-refractivity contribution in [3.63, 3.8) is 0 Å². The zero-order valence-electron chi connectivity index (χ0n) is 9.13. The average Bonchev–Trinajstić information content (AvgIpc) is 2.87. The molecule has 0 aromatic heterocycles. The van der Waals surface area contributed by atoms with Gasteiger partial charge in [-0.3, -0.25) is 0 Å². The summed E-state index contributed by atoms with van der Waals surface area (Å²) in [7, 11) is 0. The minimum Gasteiger partial charge on any atom is -0.376 e. The van der Waals surface area contributed by atoms with Crippen molar-refractivity contribution in [3.8, 4) is 0 Å². The molecule has 2 fully saturated rings. The first-order chi connectivity index (χ1) is 7.34. The van der Waals surface area contributed by atoms with Gasteiger partial charge in [-0.15, -0.1) is 0 Å². The quantitative estimate of drug-likeness (QED) is 0.677. The highest BCUT2D eigenvalue weighted by atomic mass is 16.5. The second kappa shape index (κ2) is 5.35. The largest absolute Gasteiger partial charge is 0.376 e. The molecule has 0 aromatic carbocycles. The Labute approximate surface area is 90.8 Å². The van der Waals surface area contributed by atoms with E-state index >= 15 is 0 Å². The first-order valence-corrected chi connectivity index (χ1v) is 6.00. The lowest BCUT2D eigenvalue weighted by atomic mass is 10.3. The summed E-state index contributed by atoms with van der Waals surface area (Å²) in [5.41, 5.74) is 0. The van der Waals surface area contributed by atoms with E-state index in [2.05, 4.69) is 10.6 Å². The molecule has 0 saturated heterocycles. The maximum atomic E-state index is 11.2. The second-order valence-corrected chi connectivity index (χ2v) is 4.45. The molecule has 2 saturated carbocycles. The maximum Gasteiger partial charge on any atom is 0.315 e. The van der Waals surface area contributed by atoms with E-state index in [0.29, 0.717) is 25.3 Å². The number of hydrogen-bond donors (Lipinski definition) is 2. The van der Waals surface area contributed by atoms with Gasteiger partial charge in [0.05, 0.1) is 12.7 Å². The fourth-order valence-corrected chi connectivity index (χ4v) is 1.91. The molecular weight excluding hydrogens is 192 g/mol. The lowest BCUT2D eigenvalue weighted by Crippen LogP contribution is -2.38. The summed E-state index contributed by atoms with van der Waals surface area (Å²) in [6.07, 6.45) is 7.67. The number of amides is 2. The van der Waals surface area contributed by atoms with E-state index in [1.54, 1.807) is 0 Å². The van der Waals surface area contributed by atoms with E-state index in [0.717, 1.165) is 12.8 Å². The van der Waals surface area contributed by atoms with Crippen LogP contribution in [0.5, 0.6) is 0 Å². The summed E-state index contributed by atoms with van der Waals surface area (Å²) >= 11 is 0. The van der Waals surface area contributed by atoms with E-state index in [-0.39, 0.29) is 6.03 Å². The summed E-state index contributed by atoms with van der Waals surface area (Å²) < 4.78 is 5.63. The molecule has 0 aliphatic heterocycles. The van der Waals surface area contributed by atoms with Gasteiger partial charge in [-0.1, -0.05) is 12.8 Å². The molecule has 2 aliphatic carbocycles. The number of hydrogen-bond acceptors (Lipinski definition) is 2. The third kappa shape index (κ3) is 4.08. The van der Waals surface area contributed by atoms with Crippen LogP contribution in [0.25, 0.3) is 0 Å². The van der Waals surface area contributed by atoms with E-state index in [4.69, 9.17) is 4.74 Å². The van der Waals surface area contributed by atoms with E-state index < -0.39 is 0 Å². The van der Waals surface area contributed by atoms with Crippen LogP contribution >= 0.6 is 0 Å². The Morgan fingerprint density at radius 3 is 2.60 bits per heavy atom. The number of ether oxygens (including phenoxy) is 1. The zero-order valence-corrected chi connectivity index (χ0v) is 9.13. The van der Waals surface area contributed by atoms with E-state index in [1.165, 1.54) is 25.7 Å². The Hall–Kier alpha value is -0.770. The molecule has 2 N–H and O–H groups in total. The fraction of sp³-hybridized carbons (Fsp3) is 0.909. The third-order valence-electron chi connectivity index (χ3n) is 2.96. The minimum absolute atomic E-state index is 0.0486. The van der Waals surface area contributed by atoms with Crippen molar-refractivity contribution in [2.24, 2.45) is 0 Å². The SMILES string of the molecule is O=C(NCCOC1CCCC1)NC1CC1. The predicted molar refractivity (Wildman–Crippen MR) is 57.8 cm³/mol. The molecule has 4 nitrogen and oxygen atoms in total. The summed E-state index contributed by atoms with van der Waals surface area (Å²) in [6, 6.07) is 0.383. The van der Waals surface area contributed by atoms with Crippen molar-refractivity contribution in [2.45, 2.75) is 50.7 Å². The Balaban J connectivity index is 1.44. The van der Waals surface area contributed by atoms with Gasteiger partial charge >= 0.3 is 6.03 Å². The Morgan fingerprint density at radius 1 is 1.20 bits per heavy atom. The van der Waals surface area contributed by atoms with Crippen molar-refractivity contribution < 1.29 is 9.53 Å². The first kappa shape index (κ1) is 10.7. The van der Waals surface area contributed by atoms with Gasteiger partial charge in [0.2, 0.25) is 0 Å². The van der Waals surface area contributed by atoms with Crippen LogP contribution in [0.2, 0.25) is 0 Å². The van der Waals surface area contributed by atoms with Gasteiger partial charge in [0, 0.05) is 12.6 Å². The van der Waals surface area contributed by atoms with E-state index in [9.17, 15) is 4.79 Å². The lowest BCUT2D eigenvalue weighted by Gasteiger charge is -2.11. The Kier molecular flexibility index (Phi) is 3.83. The number of rotatable bonds is 5. The monoisotopic (exact) mass is 212 g/mol. The minimum atomic E-state index is -0.0486. The van der Waals surface area contributed by atoms with Gasteiger partial charge in [0.1, 0.15) is 0 Å². The highest BCUT2D eigenvalue weighted by molar-refractivity contribution is 5.74. The van der Waals surface area contributed by atoms with Gasteiger partial charge < -0.3 is 15.4 Å². The van der Waals surface area contributed by atoms with Crippen molar-refractivity contribution in [1.29, 1.82) is 0 Å². The molecule has 0 aromatic rings. The summed E-state index contributed by atoms with van der Waals surface area (Å²) in [5.74, 6) is 0. The Morgan fingerprint density at radius 2 is 1.93 bits per heavy atom. The Bertz CT molecular complexity index is 211. The normalized spacial score (nSPS) is 21.6. The van der Waals surface area contributed by atoms with Crippen LogP contribution in [-0.2, 0) is 4.74 Å². The van der Waals surface area contributed by atoms with Gasteiger partial charge in [0.25, 0.3) is 0 Å². The molecule has 0 atom stereocenters. The predicted octanol–water partition coefficient (Wildman–Crippen LogP) is 1.41. The molecule has 15 heavy (non-hydrogen) atoms. The standard InChI is InChI=1S/C11H20N2O2/c14-11(13-9-5-6-9)12-7-8-15-10-3-1-2-4-10/h9-10H,1-8H2,(H2,12,13,14). The zero-order chi connectivity index (χ0) is 10.5. The van der Waals surface area contributed by atoms with Gasteiger partial charge in [0.15, 0.2) is 0 Å². The highest BCUT2D eigenvalue weighted by Crippen LogP contribution is 2.20. The van der Waals surface area contributed by atoms with Crippen LogP contribution in [-0.4, -0.2) is 31.3 Å². The molecular formula is C11H20N2O2. The van der Waals surface area contributed by atoms with Crippen LogP contribution in [0.1, 0.15) is 38.5 Å². The van der Waals surface area contributed by atoms with Crippen molar-refractivity contribution >= 4 is 6.03 Å². The molecule has 86 valence electrons. The van der Waals surface area contributed by atoms with Crippen LogP contribution in [0.3, 0.4) is 0 Å². The van der Waals surface area contributed by atoms with Crippen LogP contribution in [0, 0.1) is 0 Å². The van der Waals surface area contributed by atoms with Crippen molar-refractivity contribution in [2.75, 3.05) is 13.2 Å². The number of nitrogens with one attached hydrogen (secondary N) is 2. The summed E-state index contributed by atoms with van der Waals surface area (Å²) in [5, 5.41) is 5.68. The molecule has 0 spiro atoms. The number of carbonyl (C=O) groups excluding carboxylic acids is 1. The molecule has 0 bridgehead atoms. The van der Waals surface area contributed by atoms with Gasteiger partial charge in [-0.05, 0) is 25.7 Å². The number of carbonyl (C=O) groups is 1. The molecule has 2 aliphatic rings. The molecule has 0 heterocycles. The van der Waals surface area contributed by atoms with E-state index in [1.807, 2.05) is 0 Å². The topological polar surface area (TPSA) is 50.4 Å². The lowest BCUT2D eigenvalue weighted by molar-refractivity contribution is 0.0613. The maximum absolute atomic E-state index is 11.2. The van der Waals surface area contributed by atoms with Crippen LogP contribution in [0.4, 0.5) is 4.79 Å². The summed E-state index contributed by atoms with van der Waals surface area (Å²) in [4.78, 5) is 11.2. The third-order valence-corrected chi connectivity index (χ3v) is 2.96. The molecule has 2 amide bonds. The smallest absolute Gasteiger partial charge is 0.315 e. The number of urea groups is 1. The van der Waals surface area contributed by atoms with Gasteiger partial charge in [-0.2, -0.15) is 0 Å². The molecule has 4 heteroatoms. The average molecular weight is 212 g/mol. The van der Waals surface area contributed by atoms with Gasteiger partial charge in [-0.25, -0.2) is 4.79 Å². The fourth-order valence-electron chi connectivity index (χ4n) is 1.91. The van der Waals surface area contributed by atoms with Crippen molar-refractivity contribution in [1.82, 2.24) is 10.6 Å². The summed E-state index contributed by atoms with van der Waals surface area (Å²) in [6.45, 7) is 1.26. The molecule has 2 rings (SSSR count). The second-order valence-electron chi connectivity index (χ2n) is 4.45. The van der Waals surface area contributed by atoms with Crippen LogP contribution in [0.15, 0.2) is 0 Å². The van der Waals surface area contributed by atoms with Crippen molar-refractivity contribution in [3.05, 3.63) is 0 Å². The molecule has 0 unspecified atom stereocenters. The highest BCUT2D eigenvalue weighted by Gasteiger charge is 2.22. The first-order valence-electron chi connectivity index (χ1n) is 6.00.